The Morgan fingerprint density at radius 2 is 1.93 bits per heavy atom. The van der Waals surface area contributed by atoms with E-state index in [1.165, 1.54) is 0 Å². The van der Waals surface area contributed by atoms with Crippen molar-refractivity contribution in [2.75, 3.05) is 0 Å². The quantitative estimate of drug-likeness (QED) is 0.529. The summed E-state index contributed by atoms with van der Waals surface area (Å²) in [6, 6.07) is 6.93. The lowest BCUT2D eigenvalue weighted by Gasteiger charge is -1.90. The molecule has 0 aliphatic carbocycles. The highest BCUT2D eigenvalue weighted by Crippen LogP contribution is 2.12. The Balaban J connectivity index is 2.61. The summed E-state index contributed by atoms with van der Waals surface area (Å²) in [6.07, 6.45) is 0. The van der Waals surface area contributed by atoms with Crippen molar-refractivity contribution in [1.82, 2.24) is 14.9 Å². The Labute approximate surface area is 81.7 Å². The van der Waals surface area contributed by atoms with E-state index in [4.69, 9.17) is 0 Å². The molecule has 0 saturated heterocycles. The first-order chi connectivity index (χ1) is 7.25. The van der Waals surface area contributed by atoms with Crippen LogP contribution in [0.25, 0.3) is 22.3 Å². The summed E-state index contributed by atoms with van der Waals surface area (Å²) in [5.41, 5.74) is 0.833. The van der Waals surface area contributed by atoms with Crippen molar-refractivity contribution in [2.24, 2.45) is 0 Å². The molecule has 0 unspecified atom stereocenters. The first-order valence-corrected chi connectivity index (χ1v) is 4.15. The van der Waals surface area contributed by atoms with Crippen molar-refractivity contribution in [1.29, 1.82) is 0 Å². The predicted octanol–water partition coefficient (Wildman–Crippen LogP) is 0.438. The molecule has 3 rings (SSSR count). The van der Waals surface area contributed by atoms with Crippen LogP contribution in [0.4, 0.5) is 0 Å². The topological polar surface area (TPSA) is 89.9 Å². The van der Waals surface area contributed by atoms with E-state index in [1.54, 1.807) is 24.3 Å². The number of hydrogen-bond donors (Lipinski definition) is 0. The lowest BCUT2D eigenvalue weighted by molar-refractivity contribution is -0.698. The summed E-state index contributed by atoms with van der Waals surface area (Å²) in [5.74, 6) is 0. The van der Waals surface area contributed by atoms with Gasteiger partial charge in [-0.25, -0.2) is 4.98 Å². The molecular formula is C8H4N4O3. The van der Waals surface area contributed by atoms with Crippen LogP contribution < -0.4 is 4.60 Å². The van der Waals surface area contributed by atoms with Gasteiger partial charge in [-0.05, 0) is 12.1 Å². The van der Waals surface area contributed by atoms with E-state index in [1.807, 2.05) is 0 Å². The normalized spacial score (nSPS) is 11.2. The highest BCUT2D eigenvalue weighted by Gasteiger charge is 2.15. The third kappa shape index (κ3) is 0.997. The lowest BCUT2D eigenvalue weighted by atomic mass is 10.3. The Bertz CT molecular complexity index is 715. The molecule has 0 bridgehead atoms. The summed E-state index contributed by atoms with van der Waals surface area (Å²) in [6.45, 7) is 0. The minimum Gasteiger partial charge on any atom is -0.392 e. The van der Waals surface area contributed by atoms with E-state index >= 15 is 0 Å². The molecule has 2 heterocycles. The van der Waals surface area contributed by atoms with E-state index in [-0.39, 0.29) is 20.8 Å². The molecule has 7 heteroatoms. The van der Waals surface area contributed by atoms with E-state index in [0.29, 0.717) is 11.0 Å². The number of nitrogens with zero attached hydrogens (tertiary/aromatic N) is 4. The van der Waals surface area contributed by atoms with E-state index in [0.717, 1.165) is 0 Å². The van der Waals surface area contributed by atoms with Gasteiger partial charge in [-0.2, -0.15) is 0 Å². The van der Waals surface area contributed by atoms with Gasteiger partial charge >= 0.3 is 11.3 Å². The van der Waals surface area contributed by atoms with Gasteiger partial charge < -0.3 is 9.84 Å². The van der Waals surface area contributed by atoms with Crippen LogP contribution in [0.1, 0.15) is 0 Å². The van der Waals surface area contributed by atoms with Gasteiger partial charge in [0.05, 0.1) is 4.60 Å². The van der Waals surface area contributed by atoms with Crippen LogP contribution in [0.2, 0.25) is 0 Å². The van der Waals surface area contributed by atoms with Crippen molar-refractivity contribution in [3.63, 3.8) is 0 Å². The third-order valence-corrected chi connectivity index (χ3v) is 2.03. The van der Waals surface area contributed by atoms with E-state index in [9.17, 15) is 10.1 Å². The average molecular weight is 204 g/mol. The molecule has 0 saturated carbocycles. The zero-order chi connectivity index (χ0) is 10.4. The lowest BCUT2D eigenvalue weighted by Crippen LogP contribution is -2.10. The largest absolute Gasteiger partial charge is 0.392 e. The number of rotatable bonds is 0. The fraction of sp³-hybridized carbons (Fsp3) is 0. The molecule has 0 spiro atoms. The molecule has 0 aliphatic heterocycles. The average Bonchev–Trinajstić information content (AvgIpc) is 2.52. The highest BCUT2D eigenvalue weighted by atomic mass is 16.8. The molecule has 0 radical (unpaired) electrons. The standard InChI is InChI=1S/C8H4N4O3/c13-11-7-8(12(14)15-11)10-6-4-2-1-3-5(6)9-7/h1-4H. The second-order valence-electron chi connectivity index (χ2n) is 2.96. The zero-order valence-corrected chi connectivity index (χ0v) is 7.32. The number of fused-ring (bicyclic) bond motifs is 2. The van der Waals surface area contributed by atoms with E-state index in [2.05, 4.69) is 14.6 Å². The molecule has 15 heavy (non-hydrogen) atoms. The monoisotopic (exact) mass is 204 g/mol. The number of hydrogen-bond acceptors (Lipinski definition) is 5. The molecule has 2 aromatic heterocycles. The van der Waals surface area contributed by atoms with Crippen LogP contribution in [0.5, 0.6) is 0 Å². The van der Waals surface area contributed by atoms with Gasteiger partial charge in [0.2, 0.25) is 0 Å². The second kappa shape index (κ2) is 2.53. The molecular weight excluding hydrogens is 200 g/mol. The first-order valence-electron chi connectivity index (χ1n) is 4.15. The second-order valence-corrected chi connectivity index (χ2v) is 2.96. The molecule has 7 nitrogen and oxygen atoms in total. The molecule has 1 aromatic carbocycles. The summed E-state index contributed by atoms with van der Waals surface area (Å²) in [7, 11) is 0. The van der Waals surface area contributed by atoms with Gasteiger partial charge in [0.1, 0.15) is 5.52 Å². The molecule has 0 aliphatic rings. The van der Waals surface area contributed by atoms with Gasteiger partial charge in [0.25, 0.3) is 0 Å². The number of benzene rings is 1. The fourth-order valence-electron chi connectivity index (χ4n) is 1.37. The fourth-order valence-corrected chi connectivity index (χ4v) is 1.37. The SMILES string of the molecule is O=[n+]1on([O-])c2nc3ccccc3nc21. The van der Waals surface area contributed by atoms with E-state index < -0.39 is 0 Å². The van der Waals surface area contributed by atoms with Crippen LogP contribution >= 0.6 is 0 Å². The zero-order valence-electron chi connectivity index (χ0n) is 7.32. The van der Waals surface area contributed by atoms with Crippen LogP contribution in [0.3, 0.4) is 0 Å². The molecule has 0 fully saturated rings. The Hall–Kier alpha value is -2.44. The highest BCUT2D eigenvalue weighted by molar-refractivity contribution is 5.81. The van der Waals surface area contributed by atoms with Crippen molar-refractivity contribution < 1.29 is 9.23 Å². The minimum atomic E-state index is -0.122. The number of para-hydroxylation sites is 2. The summed E-state index contributed by atoms with van der Waals surface area (Å²) in [5, 5.41) is 11.1. The maximum Gasteiger partial charge on any atom is 0.385 e. The van der Waals surface area contributed by atoms with Crippen molar-refractivity contribution in [3.8, 4) is 0 Å². The van der Waals surface area contributed by atoms with Crippen LogP contribution in [-0.4, -0.2) is 14.9 Å². The van der Waals surface area contributed by atoms with Crippen molar-refractivity contribution in [2.45, 2.75) is 0 Å². The molecule has 0 N–H and O–H groups in total. The molecule has 0 amide bonds. The minimum absolute atomic E-state index is 0.0434. The number of aromatic nitrogens is 4. The summed E-state index contributed by atoms with van der Waals surface area (Å²) in [4.78, 5) is 19.1. The third-order valence-electron chi connectivity index (χ3n) is 2.03. The Morgan fingerprint density at radius 1 is 1.27 bits per heavy atom. The van der Waals surface area contributed by atoms with Gasteiger partial charge in [-0.1, -0.05) is 26.9 Å². The van der Waals surface area contributed by atoms with Crippen LogP contribution in [-0.2, 0) is 0 Å². The Kier molecular flexibility index (Phi) is 1.34. The smallest absolute Gasteiger partial charge is 0.385 e. The first kappa shape index (κ1) is 7.92. The maximum absolute atomic E-state index is 11.1. The summed E-state index contributed by atoms with van der Waals surface area (Å²) < 4.78 is 4.28. The molecule has 74 valence electrons. The van der Waals surface area contributed by atoms with Crippen molar-refractivity contribution >= 4 is 22.3 Å². The van der Waals surface area contributed by atoms with Gasteiger partial charge in [0.15, 0.2) is 5.52 Å². The maximum atomic E-state index is 11.1. The van der Waals surface area contributed by atoms with Crippen LogP contribution in [0.15, 0.2) is 28.9 Å². The Morgan fingerprint density at radius 3 is 2.67 bits per heavy atom. The van der Waals surface area contributed by atoms with Crippen LogP contribution in [0, 0.1) is 10.1 Å². The van der Waals surface area contributed by atoms with Gasteiger partial charge in [-0.15, -0.1) is 0 Å². The summed E-state index contributed by atoms with van der Waals surface area (Å²) >= 11 is 0. The molecule has 0 atom stereocenters. The molecule has 3 aromatic rings. The predicted molar refractivity (Wildman–Crippen MR) is 49.4 cm³/mol. The van der Waals surface area contributed by atoms with Gasteiger partial charge in [-0.3, -0.25) is 0 Å². The van der Waals surface area contributed by atoms with Crippen molar-refractivity contribution in [3.05, 3.63) is 34.4 Å². The van der Waals surface area contributed by atoms with Gasteiger partial charge in [0, 0.05) is 0 Å².